The maximum absolute atomic E-state index is 5.31. The van der Waals surface area contributed by atoms with E-state index < -0.39 is 0 Å². The normalized spacial score (nSPS) is 35.5. The van der Waals surface area contributed by atoms with Crippen molar-refractivity contribution in [2.75, 3.05) is 20.2 Å². The van der Waals surface area contributed by atoms with Crippen LogP contribution in [0.2, 0.25) is 0 Å². The van der Waals surface area contributed by atoms with E-state index in [1.165, 1.54) is 0 Å². The van der Waals surface area contributed by atoms with E-state index in [-0.39, 0.29) is 5.60 Å². The summed E-state index contributed by atoms with van der Waals surface area (Å²) in [6.45, 7) is 1.91. The van der Waals surface area contributed by atoms with E-state index >= 15 is 0 Å². The highest BCUT2D eigenvalue weighted by atomic mass is 16.7. The molecule has 1 fully saturated rings. The van der Waals surface area contributed by atoms with Crippen LogP contribution in [0, 0.1) is 0 Å². The summed E-state index contributed by atoms with van der Waals surface area (Å²) >= 11 is 0. The molecule has 2 aliphatic heterocycles. The third-order valence-electron chi connectivity index (χ3n) is 2.25. The van der Waals surface area contributed by atoms with Crippen LogP contribution in [0.3, 0.4) is 0 Å². The highest BCUT2D eigenvalue weighted by Crippen LogP contribution is 2.29. The lowest BCUT2D eigenvalue weighted by Crippen LogP contribution is -2.31. The Morgan fingerprint density at radius 2 is 2.64 bits per heavy atom. The van der Waals surface area contributed by atoms with Crippen molar-refractivity contribution in [1.82, 2.24) is 5.32 Å². The summed E-state index contributed by atoms with van der Waals surface area (Å²) in [5.74, 6) is 0.716. The standard InChI is InChI=1S/C7H12N2O2/c1-10-6-4-7(11-9-6)2-3-8-5-7/h8H,2-5H2,1H3. The minimum absolute atomic E-state index is 0.0780. The van der Waals surface area contributed by atoms with Crippen molar-refractivity contribution in [3.05, 3.63) is 0 Å². The minimum atomic E-state index is -0.0780. The fourth-order valence-electron chi connectivity index (χ4n) is 1.55. The summed E-state index contributed by atoms with van der Waals surface area (Å²) in [6.07, 6.45) is 1.85. The number of rotatable bonds is 0. The van der Waals surface area contributed by atoms with Gasteiger partial charge in [-0.15, -0.1) is 0 Å². The molecule has 0 aromatic rings. The van der Waals surface area contributed by atoms with Crippen LogP contribution >= 0.6 is 0 Å². The number of methoxy groups -OCH3 is 1. The van der Waals surface area contributed by atoms with Gasteiger partial charge in [-0.2, -0.15) is 0 Å². The summed E-state index contributed by atoms with van der Waals surface area (Å²) in [7, 11) is 1.63. The number of oxime groups is 1. The van der Waals surface area contributed by atoms with E-state index in [1.54, 1.807) is 7.11 Å². The zero-order valence-corrected chi connectivity index (χ0v) is 6.59. The monoisotopic (exact) mass is 156 g/mol. The maximum Gasteiger partial charge on any atom is 0.229 e. The van der Waals surface area contributed by atoms with Crippen LogP contribution in [0.1, 0.15) is 12.8 Å². The van der Waals surface area contributed by atoms with Gasteiger partial charge in [0.05, 0.1) is 13.5 Å². The average molecular weight is 156 g/mol. The smallest absolute Gasteiger partial charge is 0.229 e. The predicted molar refractivity (Wildman–Crippen MR) is 40.4 cm³/mol. The Morgan fingerprint density at radius 3 is 3.18 bits per heavy atom. The molecule has 1 unspecified atom stereocenters. The summed E-state index contributed by atoms with van der Waals surface area (Å²) < 4.78 is 5.00. The van der Waals surface area contributed by atoms with Gasteiger partial charge < -0.3 is 14.9 Å². The molecule has 0 aromatic heterocycles. The molecule has 1 spiro atoms. The lowest BCUT2D eigenvalue weighted by molar-refractivity contribution is -0.00192. The second-order valence-corrected chi connectivity index (χ2v) is 3.07. The van der Waals surface area contributed by atoms with Crippen LogP contribution in [0.5, 0.6) is 0 Å². The lowest BCUT2D eigenvalue weighted by Gasteiger charge is -2.17. The first kappa shape index (κ1) is 6.91. The highest BCUT2D eigenvalue weighted by molar-refractivity contribution is 5.77. The largest absolute Gasteiger partial charge is 0.482 e. The molecule has 62 valence electrons. The fourth-order valence-corrected chi connectivity index (χ4v) is 1.55. The van der Waals surface area contributed by atoms with Gasteiger partial charge in [-0.25, -0.2) is 0 Å². The molecule has 11 heavy (non-hydrogen) atoms. The van der Waals surface area contributed by atoms with Gasteiger partial charge in [0, 0.05) is 13.0 Å². The molecule has 0 saturated carbocycles. The van der Waals surface area contributed by atoms with E-state index in [4.69, 9.17) is 9.57 Å². The van der Waals surface area contributed by atoms with Crippen molar-refractivity contribution in [3.8, 4) is 0 Å². The van der Waals surface area contributed by atoms with E-state index in [2.05, 4.69) is 10.5 Å². The maximum atomic E-state index is 5.31. The Balaban J connectivity index is 2.01. The van der Waals surface area contributed by atoms with Gasteiger partial charge >= 0.3 is 0 Å². The Kier molecular flexibility index (Phi) is 1.49. The molecule has 0 bridgehead atoms. The summed E-state index contributed by atoms with van der Waals surface area (Å²) in [6, 6.07) is 0. The molecule has 1 atom stereocenters. The number of hydrogen-bond acceptors (Lipinski definition) is 4. The number of ether oxygens (including phenoxy) is 1. The van der Waals surface area contributed by atoms with Crippen LogP contribution < -0.4 is 5.32 Å². The molecule has 0 aromatic carbocycles. The van der Waals surface area contributed by atoms with Gasteiger partial charge in [-0.1, -0.05) is 5.16 Å². The third-order valence-corrected chi connectivity index (χ3v) is 2.25. The number of nitrogens with one attached hydrogen (secondary N) is 1. The molecular weight excluding hydrogens is 144 g/mol. The molecular formula is C7H12N2O2. The highest BCUT2D eigenvalue weighted by Gasteiger charge is 2.42. The van der Waals surface area contributed by atoms with Gasteiger partial charge in [0.15, 0.2) is 5.60 Å². The predicted octanol–water partition coefficient (Wildman–Crippen LogP) is 0.0987. The zero-order chi connectivity index (χ0) is 7.73. The SMILES string of the molecule is COC1=NOC2(CCNC2)C1. The molecule has 1 saturated heterocycles. The molecule has 2 aliphatic rings. The Bertz CT molecular complexity index is 185. The number of hydrogen-bond donors (Lipinski definition) is 1. The van der Waals surface area contributed by atoms with Crippen molar-refractivity contribution in [2.45, 2.75) is 18.4 Å². The van der Waals surface area contributed by atoms with Crippen molar-refractivity contribution in [2.24, 2.45) is 5.16 Å². The lowest BCUT2D eigenvalue weighted by atomic mass is 10.00. The topological polar surface area (TPSA) is 42.9 Å². The first-order chi connectivity index (χ1) is 5.35. The van der Waals surface area contributed by atoms with E-state index in [9.17, 15) is 0 Å². The fraction of sp³-hybridized carbons (Fsp3) is 0.857. The summed E-state index contributed by atoms with van der Waals surface area (Å²) in [4.78, 5) is 5.31. The second-order valence-electron chi connectivity index (χ2n) is 3.07. The van der Waals surface area contributed by atoms with Gasteiger partial charge in [-0.3, -0.25) is 0 Å². The average Bonchev–Trinajstić information content (AvgIpc) is 2.62. The molecule has 2 rings (SSSR count). The molecule has 4 heteroatoms. The molecule has 0 amide bonds. The second kappa shape index (κ2) is 2.37. The number of nitrogens with zero attached hydrogens (tertiary/aromatic N) is 1. The molecule has 1 N–H and O–H groups in total. The molecule has 0 aliphatic carbocycles. The van der Waals surface area contributed by atoms with Crippen molar-refractivity contribution in [3.63, 3.8) is 0 Å². The van der Waals surface area contributed by atoms with Crippen LogP contribution in [0.25, 0.3) is 0 Å². The molecule has 2 heterocycles. The van der Waals surface area contributed by atoms with E-state index in [1.807, 2.05) is 0 Å². The van der Waals surface area contributed by atoms with E-state index in [0.717, 1.165) is 25.9 Å². The Hall–Kier alpha value is -0.770. The summed E-state index contributed by atoms with van der Waals surface area (Å²) in [5, 5.41) is 7.09. The van der Waals surface area contributed by atoms with E-state index in [0.29, 0.717) is 5.90 Å². The van der Waals surface area contributed by atoms with Gasteiger partial charge in [0.1, 0.15) is 0 Å². The first-order valence-electron chi connectivity index (χ1n) is 3.84. The minimum Gasteiger partial charge on any atom is -0.482 e. The summed E-state index contributed by atoms with van der Waals surface area (Å²) in [5.41, 5.74) is -0.0780. The molecule has 4 nitrogen and oxygen atoms in total. The van der Waals surface area contributed by atoms with Crippen molar-refractivity contribution >= 4 is 5.90 Å². The Labute approximate surface area is 65.5 Å². The van der Waals surface area contributed by atoms with Gasteiger partial charge in [-0.05, 0) is 6.54 Å². The van der Waals surface area contributed by atoms with Crippen molar-refractivity contribution < 1.29 is 9.57 Å². The van der Waals surface area contributed by atoms with Crippen molar-refractivity contribution in [1.29, 1.82) is 0 Å². The van der Waals surface area contributed by atoms with Gasteiger partial charge in [0.2, 0.25) is 5.90 Å². The quantitative estimate of drug-likeness (QED) is 0.541. The van der Waals surface area contributed by atoms with Crippen LogP contribution in [-0.2, 0) is 9.57 Å². The van der Waals surface area contributed by atoms with Gasteiger partial charge in [0.25, 0.3) is 0 Å². The Morgan fingerprint density at radius 1 is 1.73 bits per heavy atom. The third kappa shape index (κ3) is 1.07. The zero-order valence-electron chi connectivity index (χ0n) is 6.59. The van der Waals surface area contributed by atoms with Crippen LogP contribution in [-0.4, -0.2) is 31.7 Å². The first-order valence-corrected chi connectivity index (χ1v) is 3.84. The van der Waals surface area contributed by atoms with Crippen LogP contribution in [0.15, 0.2) is 5.16 Å². The van der Waals surface area contributed by atoms with Crippen LogP contribution in [0.4, 0.5) is 0 Å². The molecule has 0 radical (unpaired) electrons.